The fraction of sp³-hybridized carbons (Fsp3) is 0.381. The van der Waals surface area contributed by atoms with E-state index < -0.39 is 22.0 Å². The summed E-state index contributed by atoms with van der Waals surface area (Å²) in [5.74, 6) is 0.700. The highest BCUT2D eigenvalue weighted by Crippen LogP contribution is 2.31. The van der Waals surface area contributed by atoms with Gasteiger partial charge in [0.25, 0.3) is 0 Å². The monoisotopic (exact) mass is 418 g/mol. The second-order valence-corrected chi connectivity index (χ2v) is 8.75. The van der Waals surface area contributed by atoms with E-state index in [0.29, 0.717) is 36.8 Å². The molecule has 1 unspecified atom stereocenters. The van der Waals surface area contributed by atoms with E-state index in [4.69, 9.17) is 9.47 Å². The minimum Gasteiger partial charge on any atom is -0.494 e. The molecule has 8 heteroatoms. The van der Waals surface area contributed by atoms with Crippen molar-refractivity contribution in [2.45, 2.75) is 32.9 Å². The fourth-order valence-corrected chi connectivity index (χ4v) is 4.44. The number of sulfonamides is 1. The number of carbonyl (C=O) groups is 1. The normalized spacial score (nSPS) is 16.7. The third kappa shape index (κ3) is 4.89. The third-order valence-electron chi connectivity index (χ3n) is 4.75. The number of ether oxygens (including phenoxy) is 2. The maximum absolute atomic E-state index is 13.1. The smallest absolute Gasteiger partial charge is 0.243 e. The zero-order chi connectivity index (χ0) is 21.0. The summed E-state index contributed by atoms with van der Waals surface area (Å²) in [5, 5.41) is 2.85. The number of hydrogen-bond acceptors (Lipinski definition) is 5. The Labute approximate surface area is 171 Å². The van der Waals surface area contributed by atoms with Gasteiger partial charge in [0.1, 0.15) is 17.5 Å². The Hall–Kier alpha value is -2.58. The van der Waals surface area contributed by atoms with E-state index >= 15 is 0 Å². The van der Waals surface area contributed by atoms with E-state index in [0.717, 1.165) is 17.4 Å². The van der Waals surface area contributed by atoms with Crippen molar-refractivity contribution in [3.8, 4) is 11.5 Å². The molecule has 0 bridgehead atoms. The lowest BCUT2D eigenvalue weighted by molar-refractivity contribution is -0.120. The molecule has 0 aromatic heterocycles. The fourth-order valence-electron chi connectivity index (χ4n) is 3.43. The Kier molecular flexibility index (Phi) is 6.44. The second-order valence-electron chi connectivity index (χ2n) is 6.81. The van der Waals surface area contributed by atoms with Crippen LogP contribution in [-0.4, -0.2) is 44.1 Å². The molecule has 29 heavy (non-hydrogen) atoms. The first kappa shape index (κ1) is 21.1. The van der Waals surface area contributed by atoms with Gasteiger partial charge in [-0.3, -0.25) is 4.79 Å². The van der Waals surface area contributed by atoms with Crippen LogP contribution in [0, 0.1) is 0 Å². The van der Waals surface area contributed by atoms with Gasteiger partial charge in [0, 0.05) is 12.6 Å². The van der Waals surface area contributed by atoms with E-state index in [1.165, 1.54) is 4.31 Å². The zero-order valence-corrected chi connectivity index (χ0v) is 17.7. The Morgan fingerprint density at radius 2 is 1.79 bits per heavy atom. The van der Waals surface area contributed by atoms with Gasteiger partial charge in [-0.1, -0.05) is 24.3 Å². The molecule has 0 radical (unpaired) electrons. The molecule has 7 nitrogen and oxygen atoms in total. The minimum absolute atomic E-state index is 0.171. The molecule has 0 aliphatic carbocycles. The first-order valence-electron chi connectivity index (χ1n) is 9.57. The van der Waals surface area contributed by atoms with E-state index in [1.807, 2.05) is 38.1 Å². The average Bonchev–Trinajstić information content (AvgIpc) is 2.68. The standard InChI is InChI=1S/C21H26N2O5S/c1-4-27-17-10-11-20(28-5-2)18(13-17)22-21(24)19-12-15-8-6-7-9-16(15)14-23(19)29(3,25)26/h6-11,13,19H,4-5,12,14H2,1-3H3,(H,22,24). The molecule has 0 fully saturated rings. The van der Waals surface area contributed by atoms with Crippen LogP contribution in [0.4, 0.5) is 5.69 Å². The third-order valence-corrected chi connectivity index (χ3v) is 5.99. The van der Waals surface area contributed by atoms with Gasteiger partial charge in [-0.05, 0) is 43.5 Å². The van der Waals surface area contributed by atoms with Crippen LogP contribution >= 0.6 is 0 Å². The molecular formula is C21H26N2O5S. The van der Waals surface area contributed by atoms with Crippen molar-refractivity contribution in [2.75, 3.05) is 24.8 Å². The van der Waals surface area contributed by atoms with Crippen molar-refractivity contribution in [1.82, 2.24) is 4.31 Å². The van der Waals surface area contributed by atoms with Crippen molar-refractivity contribution < 1.29 is 22.7 Å². The highest BCUT2D eigenvalue weighted by Gasteiger charge is 2.37. The summed E-state index contributed by atoms with van der Waals surface area (Å²) in [6.45, 7) is 4.82. The molecule has 2 aromatic carbocycles. The molecule has 3 rings (SSSR count). The van der Waals surface area contributed by atoms with Crippen molar-refractivity contribution in [3.63, 3.8) is 0 Å². The number of nitrogens with one attached hydrogen (secondary N) is 1. The maximum atomic E-state index is 13.1. The SMILES string of the molecule is CCOc1ccc(OCC)c(NC(=O)C2Cc3ccccc3CN2S(C)(=O)=O)c1. The number of amides is 1. The van der Waals surface area contributed by atoms with E-state index in [1.54, 1.807) is 18.2 Å². The summed E-state index contributed by atoms with van der Waals surface area (Å²) in [5.41, 5.74) is 2.34. The summed E-state index contributed by atoms with van der Waals surface area (Å²) < 4.78 is 37.1. The summed E-state index contributed by atoms with van der Waals surface area (Å²) >= 11 is 0. The maximum Gasteiger partial charge on any atom is 0.243 e. The van der Waals surface area contributed by atoms with Gasteiger partial charge in [0.15, 0.2) is 0 Å². The van der Waals surface area contributed by atoms with Crippen LogP contribution in [-0.2, 0) is 27.8 Å². The molecule has 1 atom stereocenters. The topological polar surface area (TPSA) is 84.9 Å². The van der Waals surface area contributed by atoms with Crippen LogP contribution in [0.15, 0.2) is 42.5 Å². The molecule has 0 saturated carbocycles. The van der Waals surface area contributed by atoms with Gasteiger partial charge in [-0.2, -0.15) is 4.31 Å². The van der Waals surface area contributed by atoms with Crippen LogP contribution in [0.25, 0.3) is 0 Å². The second kappa shape index (κ2) is 8.84. The van der Waals surface area contributed by atoms with Crippen molar-refractivity contribution in [1.29, 1.82) is 0 Å². The van der Waals surface area contributed by atoms with Crippen molar-refractivity contribution >= 4 is 21.6 Å². The van der Waals surface area contributed by atoms with Gasteiger partial charge in [0.05, 0.1) is 25.2 Å². The molecule has 0 saturated heterocycles. The zero-order valence-electron chi connectivity index (χ0n) is 16.8. The lowest BCUT2D eigenvalue weighted by Gasteiger charge is -2.34. The highest BCUT2D eigenvalue weighted by atomic mass is 32.2. The number of rotatable bonds is 7. The molecule has 2 aromatic rings. The number of carbonyl (C=O) groups excluding carboxylic acids is 1. The molecule has 1 N–H and O–H groups in total. The summed E-state index contributed by atoms with van der Waals surface area (Å²) in [6, 6.07) is 11.9. The van der Waals surface area contributed by atoms with Crippen LogP contribution in [0.3, 0.4) is 0 Å². The number of fused-ring (bicyclic) bond motifs is 1. The predicted octanol–water partition coefficient (Wildman–Crippen LogP) is 2.81. The average molecular weight is 419 g/mol. The first-order chi connectivity index (χ1) is 13.8. The van der Waals surface area contributed by atoms with Gasteiger partial charge in [0.2, 0.25) is 15.9 Å². The van der Waals surface area contributed by atoms with E-state index in [2.05, 4.69) is 5.32 Å². The Bertz CT molecular complexity index is 990. The van der Waals surface area contributed by atoms with Crippen molar-refractivity contribution in [2.24, 2.45) is 0 Å². The molecule has 1 aliphatic rings. The van der Waals surface area contributed by atoms with Gasteiger partial charge in [-0.25, -0.2) is 8.42 Å². The van der Waals surface area contributed by atoms with Gasteiger partial charge in [-0.15, -0.1) is 0 Å². The number of nitrogens with zero attached hydrogens (tertiary/aromatic N) is 1. The Balaban J connectivity index is 1.91. The van der Waals surface area contributed by atoms with Crippen LogP contribution in [0.2, 0.25) is 0 Å². The summed E-state index contributed by atoms with van der Waals surface area (Å²) in [7, 11) is -3.58. The van der Waals surface area contributed by atoms with Crippen LogP contribution in [0.1, 0.15) is 25.0 Å². The summed E-state index contributed by atoms with van der Waals surface area (Å²) in [6.07, 6.45) is 1.44. The first-order valence-corrected chi connectivity index (χ1v) is 11.4. The Morgan fingerprint density at radius 3 is 2.45 bits per heavy atom. The number of anilines is 1. The molecule has 1 amide bonds. The molecule has 1 aliphatic heterocycles. The van der Waals surface area contributed by atoms with Gasteiger partial charge < -0.3 is 14.8 Å². The van der Waals surface area contributed by atoms with Crippen LogP contribution in [0.5, 0.6) is 11.5 Å². The lowest BCUT2D eigenvalue weighted by Crippen LogP contribution is -2.50. The largest absolute Gasteiger partial charge is 0.494 e. The molecular weight excluding hydrogens is 392 g/mol. The minimum atomic E-state index is -3.58. The van der Waals surface area contributed by atoms with Crippen molar-refractivity contribution in [3.05, 3.63) is 53.6 Å². The number of benzene rings is 2. The van der Waals surface area contributed by atoms with E-state index in [-0.39, 0.29) is 6.54 Å². The molecule has 0 spiro atoms. The predicted molar refractivity (Wildman–Crippen MR) is 112 cm³/mol. The lowest BCUT2D eigenvalue weighted by atomic mass is 9.95. The van der Waals surface area contributed by atoms with E-state index in [9.17, 15) is 13.2 Å². The Morgan fingerprint density at radius 1 is 1.10 bits per heavy atom. The van der Waals surface area contributed by atoms with Gasteiger partial charge >= 0.3 is 0 Å². The number of hydrogen-bond donors (Lipinski definition) is 1. The molecule has 1 heterocycles. The molecule has 156 valence electrons. The quantitative estimate of drug-likeness (QED) is 0.747. The summed E-state index contributed by atoms with van der Waals surface area (Å²) in [4.78, 5) is 13.1. The van der Waals surface area contributed by atoms with Crippen LogP contribution < -0.4 is 14.8 Å². The highest BCUT2D eigenvalue weighted by molar-refractivity contribution is 7.88.